The van der Waals surface area contributed by atoms with Crippen LogP contribution in [0.15, 0.2) is 53.9 Å². The van der Waals surface area contributed by atoms with Gasteiger partial charge in [-0.2, -0.15) is 0 Å². The van der Waals surface area contributed by atoms with Gasteiger partial charge in [-0.05, 0) is 55.7 Å². The number of benzene rings is 2. The first-order valence-corrected chi connectivity index (χ1v) is 10.1. The van der Waals surface area contributed by atoms with Crippen LogP contribution in [0.1, 0.15) is 23.6 Å². The number of hydrogen-bond donors (Lipinski definition) is 0. The SMILES string of the molecule is CCN(Cc1cccc(F)c1)C(=O)CSc1nncn1-c1cc(C)ccc1C. The number of halogens is 1. The lowest BCUT2D eigenvalue weighted by Gasteiger charge is -2.21. The van der Waals surface area contributed by atoms with Crippen LogP contribution in [-0.2, 0) is 11.3 Å². The largest absolute Gasteiger partial charge is 0.338 e. The molecule has 0 radical (unpaired) electrons. The van der Waals surface area contributed by atoms with Gasteiger partial charge in [0, 0.05) is 13.1 Å². The van der Waals surface area contributed by atoms with Crippen molar-refractivity contribution in [1.82, 2.24) is 19.7 Å². The van der Waals surface area contributed by atoms with Crippen molar-refractivity contribution in [3.63, 3.8) is 0 Å². The maximum Gasteiger partial charge on any atom is 0.233 e. The van der Waals surface area contributed by atoms with Crippen LogP contribution in [0.25, 0.3) is 5.69 Å². The van der Waals surface area contributed by atoms with Crippen molar-refractivity contribution in [2.75, 3.05) is 12.3 Å². The van der Waals surface area contributed by atoms with E-state index in [-0.39, 0.29) is 17.5 Å². The van der Waals surface area contributed by atoms with E-state index in [2.05, 4.69) is 28.4 Å². The van der Waals surface area contributed by atoms with Crippen LogP contribution in [0.5, 0.6) is 0 Å². The lowest BCUT2D eigenvalue weighted by Crippen LogP contribution is -2.31. The Labute approximate surface area is 168 Å². The summed E-state index contributed by atoms with van der Waals surface area (Å²) >= 11 is 1.35. The second-order valence-electron chi connectivity index (χ2n) is 6.60. The van der Waals surface area contributed by atoms with Crippen LogP contribution in [0.3, 0.4) is 0 Å². The predicted molar refractivity (Wildman–Crippen MR) is 109 cm³/mol. The summed E-state index contributed by atoms with van der Waals surface area (Å²) in [5.74, 6) is -0.0727. The molecule has 0 N–H and O–H groups in total. The molecular weight excluding hydrogens is 375 g/mol. The van der Waals surface area contributed by atoms with Crippen molar-refractivity contribution in [2.24, 2.45) is 0 Å². The smallest absolute Gasteiger partial charge is 0.233 e. The van der Waals surface area contributed by atoms with Gasteiger partial charge in [-0.15, -0.1) is 10.2 Å². The molecule has 0 bridgehead atoms. The minimum atomic E-state index is -0.294. The van der Waals surface area contributed by atoms with E-state index in [4.69, 9.17) is 0 Å². The number of nitrogens with zero attached hydrogens (tertiary/aromatic N) is 4. The molecule has 0 aliphatic carbocycles. The fourth-order valence-electron chi connectivity index (χ4n) is 2.92. The van der Waals surface area contributed by atoms with E-state index in [1.165, 1.54) is 23.9 Å². The maximum atomic E-state index is 13.4. The van der Waals surface area contributed by atoms with Gasteiger partial charge < -0.3 is 4.90 Å². The number of aryl methyl sites for hydroxylation is 2. The van der Waals surface area contributed by atoms with Crippen LogP contribution in [-0.4, -0.2) is 37.9 Å². The Bertz CT molecular complexity index is 973. The molecular formula is C21H23FN4OS. The minimum Gasteiger partial charge on any atom is -0.338 e. The molecule has 7 heteroatoms. The van der Waals surface area contributed by atoms with E-state index in [0.29, 0.717) is 18.2 Å². The molecule has 5 nitrogen and oxygen atoms in total. The topological polar surface area (TPSA) is 51.0 Å². The zero-order valence-corrected chi connectivity index (χ0v) is 17.0. The predicted octanol–water partition coefficient (Wildman–Crippen LogP) is 4.16. The summed E-state index contributed by atoms with van der Waals surface area (Å²) in [6.07, 6.45) is 1.67. The third-order valence-electron chi connectivity index (χ3n) is 4.46. The number of aromatic nitrogens is 3. The average molecular weight is 399 g/mol. The van der Waals surface area contributed by atoms with Crippen molar-refractivity contribution >= 4 is 17.7 Å². The number of carbonyl (C=O) groups is 1. The molecule has 146 valence electrons. The van der Waals surface area contributed by atoms with Gasteiger partial charge in [0.05, 0.1) is 11.4 Å². The Morgan fingerprint density at radius 1 is 1.21 bits per heavy atom. The molecule has 0 spiro atoms. The Balaban J connectivity index is 1.69. The summed E-state index contributed by atoms with van der Waals surface area (Å²) in [5, 5.41) is 8.86. The molecule has 0 fully saturated rings. The number of amides is 1. The van der Waals surface area contributed by atoms with E-state index in [1.807, 2.05) is 31.4 Å². The Kier molecular flexibility index (Phi) is 6.46. The highest BCUT2D eigenvalue weighted by molar-refractivity contribution is 7.99. The van der Waals surface area contributed by atoms with E-state index in [1.54, 1.807) is 17.3 Å². The minimum absolute atomic E-state index is 0.0210. The molecule has 0 aliphatic heterocycles. The highest BCUT2D eigenvalue weighted by Crippen LogP contribution is 2.23. The summed E-state index contributed by atoms with van der Waals surface area (Å²) < 4.78 is 15.3. The van der Waals surface area contributed by atoms with Crippen LogP contribution < -0.4 is 0 Å². The lowest BCUT2D eigenvalue weighted by atomic mass is 10.1. The van der Waals surface area contributed by atoms with Gasteiger partial charge in [-0.3, -0.25) is 9.36 Å². The Hall–Kier alpha value is -2.67. The molecule has 3 aromatic rings. The number of thioether (sulfide) groups is 1. The Morgan fingerprint density at radius 2 is 2.04 bits per heavy atom. The molecule has 1 amide bonds. The van der Waals surface area contributed by atoms with Gasteiger partial charge in [-0.25, -0.2) is 4.39 Å². The van der Waals surface area contributed by atoms with Crippen LogP contribution in [0.2, 0.25) is 0 Å². The van der Waals surface area contributed by atoms with Gasteiger partial charge in [0.2, 0.25) is 5.91 Å². The van der Waals surface area contributed by atoms with E-state index in [9.17, 15) is 9.18 Å². The highest BCUT2D eigenvalue weighted by Gasteiger charge is 2.16. The summed E-state index contributed by atoms with van der Waals surface area (Å²) in [4.78, 5) is 14.4. The molecule has 0 atom stereocenters. The van der Waals surface area contributed by atoms with Crippen molar-refractivity contribution in [1.29, 1.82) is 0 Å². The monoisotopic (exact) mass is 398 g/mol. The number of carbonyl (C=O) groups excluding carboxylic acids is 1. The van der Waals surface area contributed by atoms with Gasteiger partial charge >= 0.3 is 0 Å². The molecule has 1 aromatic heterocycles. The third-order valence-corrected chi connectivity index (χ3v) is 5.39. The molecule has 3 rings (SSSR count). The summed E-state index contributed by atoms with van der Waals surface area (Å²) in [6.45, 7) is 6.93. The second kappa shape index (κ2) is 9.01. The van der Waals surface area contributed by atoms with Crippen molar-refractivity contribution in [3.8, 4) is 5.69 Å². The van der Waals surface area contributed by atoms with E-state index < -0.39 is 0 Å². The standard InChI is InChI=1S/C21H23FN4OS/c1-4-25(12-17-6-5-7-18(22)11-17)20(27)13-28-21-24-23-14-26(21)19-10-15(2)8-9-16(19)3/h5-11,14H,4,12-13H2,1-3H3. The van der Waals surface area contributed by atoms with Gasteiger partial charge in [0.25, 0.3) is 0 Å². The van der Waals surface area contributed by atoms with Crippen LogP contribution in [0, 0.1) is 19.7 Å². The van der Waals surface area contributed by atoms with E-state index >= 15 is 0 Å². The van der Waals surface area contributed by atoms with Gasteiger partial charge in [-0.1, -0.05) is 36.0 Å². The molecule has 0 aliphatic rings. The van der Waals surface area contributed by atoms with E-state index in [0.717, 1.165) is 22.4 Å². The zero-order valence-electron chi connectivity index (χ0n) is 16.2. The fraction of sp³-hybridized carbons (Fsp3) is 0.286. The van der Waals surface area contributed by atoms with Crippen molar-refractivity contribution in [3.05, 3.63) is 71.3 Å². The average Bonchev–Trinajstić information content (AvgIpc) is 3.14. The molecule has 28 heavy (non-hydrogen) atoms. The van der Waals surface area contributed by atoms with Crippen molar-refractivity contribution in [2.45, 2.75) is 32.5 Å². The summed E-state index contributed by atoms with van der Waals surface area (Å²) in [5.41, 5.74) is 4.04. The summed E-state index contributed by atoms with van der Waals surface area (Å²) in [6, 6.07) is 12.5. The van der Waals surface area contributed by atoms with Crippen molar-refractivity contribution < 1.29 is 9.18 Å². The highest BCUT2D eigenvalue weighted by atomic mass is 32.2. The molecule has 0 saturated carbocycles. The first-order valence-electron chi connectivity index (χ1n) is 9.10. The van der Waals surface area contributed by atoms with Crippen LogP contribution in [0.4, 0.5) is 4.39 Å². The quantitative estimate of drug-likeness (QED) is 0.561. The maximum absolute atomic E-state index is 13.4. The molecule has 2 aromatic carbocycles. The van der Waals surface area contributed by atoms with Gasteiger partial charge in [0.15, 0.2) is 5.16 Å². The Morgan fingerprint density at radius 3 is 2.79 bits per heavy atom. The van der Waals surface area contributed by atoms with Gasteiger partial charge in [0.1, 0.15) is 12.1 Å². The first-order chi connectivity index (χ1) is 13.5. The number of hydrogen-bond acceptors (Lipinski definition) is 4. The molecule has 0 unspecified atom stereocenters. The lowest BCUT2D eigenvalue weighted by molar-refractivity contribution is -0.128. The second-order valence-corrected chi connectivity index (χ2v) is 7.54. The fourth-order valence-corrected chi connectivity index (χ4v) is 3.74. The third kappa shape index (κ3) is 4.78. The normalized spacial score (nSPS) is 10.9. The number of rotatable bonds is 7. The molecule has 0 saturated heterocycles. The first kappa shape index (κ1) is 20.1. The van der Waals surface area contributed by atoms with Crippen LogP contribution >= 0.6 is 11.8 Å². The molecule has 1 heterocycles. The summed E-state index contributed by atoms with van der Waals surface area (Å²) in [7, 11) is 0. The zero-order chi connectivity index (χ0) is 20.1.